The first-order chi connectivity index (χ1) is 11.6. The van der Waals surface area contributed by atoms with Crippen molar-refractivity contribution in [2.75, 3.05) is 18.9 Å². The second-order valence-corrected chi connectivity index (χ2v) is 6.33. The standard InChI is InChI=1S/C18H15N3O3/c19-11-7-12-15(21-18(20-12)5-6-24-8-18)14-13(11)16(22)9-3-1-2-4-10(9)17(14)23/h1-4,7,22-23H,5-6,8,19H2. The molecule has 1 atom stereocenters. The van der Waals surface area contributed by atoms with Crippen LogP contribution in [0.3, 0.4) is 0 Å². The molecule has 4 N–H and O–H groups in total. The molecule has 2 heterocycles. The van der Waals surface area contributed by atoms with Gasteiger partial charge in [-0.1, -0.05) is 24.3 Å². The molecular formula is C18H15N3O3. The van der Waals surface area contributed by atoms with E-state index in [9.17, 15) is 10.2 Å². The lowest BCUT2D eigenvalue weighted by molar-refractivity contribution is 0.180. The number of benzene rings is 3. The van der Waals surface area contributed by atoms with Gasteiger partial charge in [-0.25, -0.2) is 4.99 Å². The van der Waals surface area contributed by atoms with Crippen LogP contribution in [0.1, 0.15) is 6.42 Å². The van der Waals surface area contributed by atoms with E-state index in [4.69, 9.17) is 15.5 Å². The second kappa shape index (κ2) is 4.36. The van der Waals surface area contributed by atoms with E-state index in [1.165, 1.54) is 0 Å². The van der Waals surface area contributed by atoms with E-state index < -0.39 is 5.66 Å². The van der Waals surface area contributed by atoms with Crippen LogP contribution >= 0.6 is 0 Å². The number of hydrogen-bond acceptors (Lipinski definition) is 6. The molecule has 1 saturated heterocycles. The highest BCUT2D eigenvalue weighted by Gasteiger charge is 2.37. The van der Waals surface area contributed by atoms with Gasteiger partial charge in [0, 0.05) is 22.9 Å². The van der Waals surface area contributed by atoms with Crippen molar-refractivity contribution in [2.45, 2.75) is 12.1 Å². The van der Waals surface area contributed by atoms with Crippen LogP contribution in [0.4, 0.5) is 5.69 Å². The number of nitrogen functional groups attached to an aromatic ring is 1. The zero-order valence-electron chi connectivity index (χ0n) is 12.8. The normalized spacial score (nSPS) is 22.0. The summed E-state index contributed by atoms with van der Waals surface area (Å²) in [5.74, 6) is 0.120. The van der Waals surface area contributed by atoms with Crippen molar-refractivity contribution in [3.05, 3.63) is 41.0 Å². The van der Waals surface area contributed by atoms with Crippen molar-refractivity contribution in [3.8, 4) is 11.5 Å². The Bertz CT molecular complexity index is 1150. The first kappa shape index (κ1) is 13.6. The third kappa shape index (κ3) is 1.58. The van der Waals surface area contributed by atoms with Gasteiger partial charge in [-0.15, -0.1) is 0 Å². The summed E-state index contributed by atoms with van der Waals surface area (Å²) in [4.78, 5) is 9.42. The lowest BCUT2D eigenvalue weighted by Crippen LogP contribution is -2.23. The van der Waals surface area contributed by atoms with E-state index in [2.05, 4.69) is 4.99 Å². The zero-order valence-corrected chi connectivity index (χ0v) is 12.8. The van der Waals surface area contributed by atoms with E-state index in [0.717, 1.165) is 0 Å². The minimum atomic E-state index is -0.628. The highest BCUT2D eigenvalue weighted by Crippen LogP contribution is 2.42. The lowest BCUT2D eigenvalue weighted by Gasteiger charge is -2.12. The van der Waals surface area contributed by atoms with Gasteiger partial charge < -0.3 is 20.7 Å². The van der Waals surface area contributed by atoms with Crippen molar-refractivity contribution in [3.63, 3.8) is 0 Å². The van der Waals surface area contributed by atoms with Crippen LogP contribution < -0.4 is 16.4 Å². The second-order valence-electron chi connectivity index (χ2n) is 6.33. The molecule has 6 nitrogen and oxygen atoms in total. The maximum atomic E-state index is 10.9. The van der Waals surface area contributed by atoms with Gasteiger partial charge in [0.05, 0.1) is 34.7 Å². The molecule has 120 valence electrons. The molecule has 0 aromatic heterocycles. The maximum absolute atomic E-state index is 10.9. The Morgan fingerprint density at radius 1 is 1.04 bits per heavy atom. The Morgan fingerprint density at radius 3 is 2.42 bits per heavy atom. The SMILES string of the molecule is Nc1cc2c(c3c(O)c4ccccc4c(O)c13)=NC1(CCOC1)N=2. The number of phenolic OH excluding ortho intramolecular Hbond substituents is 2. The van der Waals surface area contributed by atoms with Crippen molar-refractivity contribution in [2.24, 2.45) is 9.98 Å². The Kier molecular flexibility index (Phi) is 2.46. The molecule has 1 unspecified atom stereocenters. The van der Waals surface area contributed by atoms with Crippen LogP contribution in [0.5, 0.6) is 11.5 Å². The predicted octanol–water partition coefficient (Wildman–Crippen LogP) is 1.36. The molecule has 3 aromatic rings. The summed E-state index contributed by atoms with van der Waals surface area (Å²) in [7, 11) is 0. The molecular weight excluding hydrogens is 306 g/mol. The summed E-state index contributed by atoms with van der Waals surface area (Å²) < 4.78 is 5.45. The number of nitrogens with two attached hydrogens (primary N) is 1. The number of hydrogen-bond donors (Lipinski definition) is 3. The van der Waals surface area contributed by atoms with Crippen molar-refractivity contribution in [1.29, 1.82) is 0 Å². The van der Waals surface area contributed by atoms with Crippen LogP contribution in [-0.4, -0.2) is 29.1 Å². The van der Waals surface area contributed by atoms with E-state index in [1.54, 1.807) is 24.3 Å². The van der Waals surface area contributed by atoms with Gasteiger partial charge in [-0.2, -0.15) is 0 Å². The summed E-state index contributed by atoms with van der Waals surface area (Å²) in [6.45, 7) is 1.03. The summed E-state index contributed by atoms with van der Waals surface area (Å²) in [5, 5.41) is 24.8. The fourth-order valence-corrected chi connectivity index (χ4v) is 3.71. The molecule has 1 spiro atoms. The number of anilines is 1. The molecule has 5 rings (SSSR count). The van der Waals surface area contributed by atoms with E-state index in [0.29, 0.717) is 57.6 Å². The minimum Gasteiger partial charge on any atom is -0.507 e. The predicted molar refractivity (Wildman–Crippen MR) is 89.7 cm³/mol. The van der Waals surface area contributed by atoms with Crippen molar-refractivity contribution in [1.82, 2.24) is 0 Å². The summed E-state index contributed by atoms with van der Waals surface area (Å²) in [6.07, 6.45) is 0.698. The van der Waals surface area contributed by atoms with E-state index in [1.807, 2.05) is 6.07 Å². The van der Waals surface area contributed by atoms with Crippen LogP contribution in [0.15, 0.2) is 40.3 Å². The number of fused-ring (bicyclic) bond motifs is 4. The molecule has 0 radical (unpaired) electrons. The molecule has 2 aliphatic rings. The third-order valence-electron chi connectivity index (χ3n) is 4.85. The van der Waals surface area contributed by atoms with Crippen LogP contribution in [0.2, 0.25) is 0 Å². The van der Waals surface area contributed by atoms with Crippen LogP contribution in [0.25, 0.3) is 21.5 Å². The average Bonchev–Trinajstić information content (AvgIpc) is 3.18. The van der Waals surface area contributed by atoms with Gasteiger partial charge in [0.1, 0.15) is 11.5 Å². The Morgan fingerprint density at radius 2 is 1.75 bits per heavy atom. The molecule has 24 heavy (non-hydrogen) atoms. The molecule has 0 bridgehead atoms. The molecule has 1 fully saturated rings. The van der Waals surface area contributed by atoms with Gasteiger partial charge in [-0.05, 0) is 6.07 Å². The minimum absolute atomic E-state index is 0.0533. The lowest BCUT2D eigenvalue weighted by atomic mass is 9.99. The zero-order chi connectivity index (χ0) is 16.5. The number of nitrogens with zero attached hydrogens (tertiary/aromatic N) is 2. The molecule has 2 aliphatic heterocycles. The topological polar surface area (TPSA) is 100 Å². The Labute approximate surface area is 136 Å². The van der Waals surface area contributed by atoms with Gasteiger partial charge in [-0.3, -0.25) is 4.99 Å². The summed E-state index contributed by atoms with van der Waals surface area (Å²) >= 11 is 0. The van der Waals surface area contributed by atoms with Gasteiger partial charge in [0.2, 0.25) is 0 Å². The highest BCUT2D eigenvalue weighted by molar-refractivity contribution is 6.14. The molecule has 0 saturated carbocycles. The fourth-order valence-electron chi connectivity index (χ4n) is 3.71. The molecule has 3 aromatic carbocycles. The number of ether oxygens (including phenoxy) is 1. The largest absolute Gasteiger partial charge is 0.507 e. The van der Waals surface area contributed by atoms with Gasteiger partial charge in [0.15, 0.2) is 5.66 Å². The average molecular weight is 321 g/mol. The summed E-state index contributed by atoms with van der Waals surface area (Å²) in [6, 6.07) is 8.85. The number of phenols is 2. The first-order valence-corrected chi connectivity index (χ1v) is 7.82. The maximum Gasteiger partial charge on any atom is 0.176 e. The van der Waals surface area contributed by atoms with Gasteiger partial charge >= 0.3 is 0 Å². The molecule has 0 amide bonds. The molecule has 0 aliphatic carbocycles. The van der Waals surface area contributed by atoms with E-state index >= 15 is 0 Å². The first-order valence-electron chi connectivity index (χ1n) is 7.82. The summed E-state index contributed by atoms with van der Waals surface area (Å²) in [5.41, 5.74) is 5.92. The van der Waals surface area contributed by atoms with Crippen molar-refractivity contribution < 1.29 is 14.9 Å². The van der Waals surface area contributed by atoms with Gasteiger partial charge in [0.25, 0.3) is 0 Å². The van der Waals surface area contributed by atoms with Crippen LogP contribution in [-0.2, 0) is 4.74 Å². The number of rotatable bonds is 0. The third-order valence-corrected chi connectivity index (χ3v) is 4.85. The van der Waals surface area contributed by atoms with Crippen LogP contribution in [0, 0.1) is 0 Å². The molecule has 6 heteroatoms. The quantitative estimate of drug-likeness (QED) is 0.330. The highest BCUT2D eigenvalue weighted by atomic mass is 16.5. The number of aromatic hydroxyl groups is 2. The smallest absolute Gasteiger partial charge is 0.176 e. The van der Waals surface area contributed by atoms with E-state index in [-0.39, 0.29) is 11.5 Å². The monoisotopic (exact) mass is 321 g/mol. The fraction of sp³-hybridized carbons (Fsp3) is 0.222. The Hall–Kier alpha value is -2.86. The Balaban J connectivity index is 2.04. The van der Waals surface area contributed by atoms with Crippen molar-refractivity contribution >= 4 is 27.2 Å².